The van der Waals surface area contributed by atoms with E-state index in [0.717, 1.165) is 0 Å². The highest BCUT2D eigenvalue weighted by Gasteiger charge is 2.77. The van der Waals surface area contributed by atoms with E-state index in [0.29, 0.717) is 0 Å². The first kappa shape index (κ1) is 15.8. The Kier molecular flexibility index (Phi) is 4.45. The van der Waals surface area contributed by atoms with E-state index in [9.17, 15) is 26.3 Å². The van der Waals surface area contributed by atoms with Crippen LogP contribution in [0.3, 0.4) is 0 Å². The average Bonchev–Trinajstić information content (AvgIpc) is 1.98. The van der Waals surface area contributed by atoms with Crippen molar-refractivity contribution in [3.8, 4) is 0 Å². The fraction of sp³-hybridized carbons (Fsp3) is 1.00. The van der Waals surface area contributed by atoms with Gasteiger partial charge in [-0.2, -0.15) is 22.0 Å². The second-order valence-corrected chi connectivity index (χ2v) is 4.93. The van der Waals surface area contributed by atoms with Crippen LogP contribution < -0.4 is 0 Å². The van der Waals surface area contributed by atoms with Crippen LogP contribution in [-0.4, -0.2) is 27.8 Å². The molecule has 1 nitrogen and oxygen atoms in total. The number of ether oxygens (including phenoxy) is 1. The molecule has 0 N–H and O–H groups in total. The summed E-state index contributed by atoms with van der Waals surface area (Å²) in [5, 5.41) is -5.00. The third-order valence-corrected chi connectivity index (χ3v) is 3.74. The summed E-state index contributed by atoms with van der Waals surface area (Å²) in [5.41, 5.74) is 0. The predicted octanol–water partition coefficient (Wildman–Crippen LogP) is 4.18. The second-order valence-electron chi connectivity index (χ2n) is 2.37. The molecule has 92 valence electrons. The van der Waals surface area contributed by atoms with Gasteiger partial charge in [0, 0.05) is 7.11 Å². The zero-order valence-electron chi connectivity index (χ0n) is 6.81. The molecule has 0 bridgehead atoms. The highest BCUT2D eigenvalue weighted by Crippen LogP contribution is 2.57. The van der Waals surface area contributed by atoms with Gasteiger partial charge in [-0.1, -0.05) is 0 Å². The lowest BCUT2D eigenvalue weighted by molar-refractivity contribution is -0.290. The van der Waals surface area contributed by atoms with Gasteiger partial charge in [0.05, 0.1) is 0 Å². The summed E-state index contributed by atoms with van der Waals surface area (Å²) < 4.78 is 75.2. The Hall–Kier alpha value is 0.790. The van der Waals surface area contributed by atoms with Crippen molar-refractivity contribution < 1.29 is 31.1 Å². The van der Waals surface area contributed by atoms with E-state index in [1.807, 2.05) is 0 Å². The van der Waals surface area contributed by atoms with Crippen molar-refractivity contribution in [2.45, 2.75) is 20.6 Å². The van der Waals surface area contributed by atoms with Crippen LogP contribution in [0.2, 0.25) is 0 Å². The quantitative estimate of drug-likeness (QED) is 0.519. The van der Waals surface area contributed by atoms with Crippen LogP contribution in [0, 0.1) is 0 Å². The van der Waals surface area contributed by atoms with Crippen LogP contribution >= 0.6 is 43.5 Å². The van der Waals surface area contributed by atoms with E-state index in [1.165, 1.54) is 31.9 Å². The molecule has 15 heavy (non-hydrogen) atoms. The van der Waals surface area contributed by atoms with E-state index in [2.05, 4.69) is 16.3 Å². The predicted molar refractivity (Wildman–Crippen MR) is 48.3 cm³/mol. The minimum atomic E-state index is -5.00. The number of methoxy groups -OCH3 is 1. The van der Waals surface area contributed by atoms with E-state index in [-0.39, 0.29) is 7.11 Å². The van der Waals surface area contributed by atoms with E-state index in [1.54, 1.807) is 0 Å². The zero-order valence-corrected chi connectivity index (χ0v) is 10.7. The fourth-order valence-corrected chi connectivity index (χ4v) is 1.59. The average molecular weight is 388 g/mol. The number of hydrogen-bond acceptors (Lipinski definition) is 1. The molecule has 2 atom stereocenters. The van der Waals surface area contributed by atoms with Gasteiger partial charge in [0.25, 0.3) is 0 Å². The molecule has 10 heteroatoms. The number of alkyl halides is 9. The highest BCUT2D eigenvalue weighted by molar-refractivity contribution is 9.12. The molecule has 0 aromatic carbocycles. The van der Waals surface area contributed by atoms with Crippen LogP contribution in [0.5, 0.6) is 0 Å². The summed E-state index contributed by atoms with van der Waals surface area (Å²) in [6, 6.07) is 0. The van der Waals surface area contributed by atoms with E-state index < -0.39 is 20.6 Å². The first-order valence-corrected chi connectivity index (χ1v) is 5.03. The molecule has 0 aromatic rings. The first-order valence-electron chi connectivity index (χ1n) is 3.06. The van der Waals surface area contributed by atoms with Crippen LogP contribution in [0.25, 0.3) is 0 Å². The Morgan fingerprint density at radius 3 is 1.40 bits per heavy atom. The summed E-state index contributed by atoms with van der Waals surface area (Å²) in [4.78, 5) is -4.66. The molecule has 0 rings (SSSR count). The molecular weight excluding hydrogens is 385 g/mol. The summed E-state index contributed by atoms with van der Waals surface area (Å²) in [6.07, 6.45) is 0. The molecule has 0 amide bonds. The number of hydrogen-bond donors (Lipinski definition) is 0. The SMILES string of the molecule is COC(F)(C(F)(F)Cl)C(F)(Br)C(F)(F)Br. The lowest BCUT2D eigenvalue weighted by atomic mass is 10.2. The van der Waals surface area contributed by atoms with E-state index in [4.69, 9.17) is 0 Å². The van der Waals surface area contributed by atoms with Gasteiger partial charge in [-0.05, 0) is 43.5 Å². The second kappa shape index (κ2) is 4.23. The molecule has 0 aromatic heterocycles. The maximum atomic E-state index is 13.3. The van der Waals surface area contributed by atoms with Crippen LogP contribution in [0.4, 0.5) is 26.3 Å². The summed E-state index contributed by atoms with van der Waals surface area (Å²) in [6.45, 7) is 0. The molecule has 0 saturated heterocycles. The van der Waals surface area contributed by atoms with Crippen molar-refractivity contribution >= 4 is 43.5 Å². The van der Waals surface area contributed by atoms with Gasteiger partial charge in [0.1, 0.15) is 0 Å². The van der Waals surface area contributed by atoms with Crippen molar-refractivity contribution in [2.24, 2.45) is 0 Å². The van der Waals surface area contributed by atoms with Gasteiger partial charge in [-0.25, -0.2) is 4.39 Å². The molecule has 0 heterocycles. The minimum Gasteiger partial charge on any atom is -0.340 e. The Balaban J connectivity index is 5.50. The number of rotatable bonds is 4. The molecular formula is C5H3Br2ClF6O. The standard InChI is InChI=1S/C5H3Br2ClF6O/c1-15-3(10,5(8,13)14)2(6,9)4(7,11)12/h1H3. The summed E-state index contributed by atoms with van der Waals surface area (Å²) >= 11 is 7.07. The van der Waals surface area contributed by atoms with Crippen molar-refractivity contribution in [1.82, 2.24) is 0 Å². The third kappa shape index (κ3) is 2.55. The molecule has 0 radical (unpaired) electrons. The minimum absolute atomic E-state index is 0.268. The molecule has 0 aliphatic carbocycles. The maximum absolute atomic E-state index is 13.3. The van der Waals surface area contributed by atoms with Crippen molar-refractivity contribution in [1.29, 1.82) is 0 Å². The lowest BCUT2D eigenvalue weighted by Crippen LogP contribution is -2.61. The maximum Gasteiger partial charge on any atom is 0.384 e. The van der Waals surface area contributed by atoms with E-state index >= 15 is 0 Å². The van der Waals surface area contributed by atoms with Crippen molar-refractivity contribution in [3.63, 3.8) is 0 Å². The summed E-state index contributed by atoms with van der Waals surface area (Å²) in [7, 11) is 0.268. The smallest absolute Gasteiger partial charge is 0.340 e. The summed E-state index contributed by atoms with van der Waals surface area (Å²) in [5.74, 6) is -4.76. The largest absolute Gasteiger partial charge is 0.384 e. The molecule has 0 aliphatic rings. The van der Waals surface area contributed by atoms with Gasteiger partial charge in [-0.3, -0.25) is 0 Å². The third-order valence-electron chi connectivity index (χ3n) is 1.41. The van der Waals surface area contributed by atoms with Crippen LogP contribution in [0.1, 0.15) is 0 Å². The molecule has 0 aliphatic heterocycles. The van der Waals surface area contributed by atoms with Crippen molar-refractivity contribution in [2.75, 3.05) is 7.11 Å². The highest BCUT2D eigenvalue weighted by atomic mass is 79.9. The topological polar surface area (TPSA) is 9.23 Å². The van der Waals surface area contributed by atoms with Crippen LogP contribution in [0.15, 0.2) is 0 Å². The van der Waals surface area contributed by atoms with Crippen molar-refractivity contribution in [3.05, 3.63) is 0 Å². The zero-order chi connectivity index (χ0) is 12.7. The monoisotopic (exact) mass is 386 g/mol. The van der Waals surface area contributed by atoms with Gasteiger partial charge in [-0.15, -0.1) is 0 Å². The Morgan fingerprint density at radius 2 is 1.33 bits per heavy atom. The van der Waals surface area contributed by atoms with Gasteiger partial charge < -0.3 is 4.74 Å². The Bertz CT molecular complexity index is 239. The van der Waals surface area contributed by atoms with Gasteiger partial charge >= 0.3 is 20.6 Å². The molecule has 2 unspecified atom stereocenters. The molecule has 0 fully saturated rings. The first-order chi connectivity index (χ1) is 6.31. The van der Waals surface area contributed by atoms with Gasteiger partial charge in [0.2, 0.25) is 0 Å². The van der Waals surface area contributed by atoms with Crippen LogP contribution in [-0.2, 0) is 4.74 Å². The van der Waals surface area contributed by atoms with Gasteiger partial charge in [0.15, 0.2) is 0 Å². The molecule has 0 spiro atoms. The number of halogens is 9. The lowest BCUT2D eigenvalue weighted by Gasteiger charge is -2.37. The molecule has 0 saturated carbocycles. The Labute approximate surface area is 102 Å². The fourth-order valence-electron chi connectivity index (χ4n) is 0.604. The normalized spacial score (nSPS) is 22.0. The Morgan fingerprint density at radius 1 is 1.00 bits per heavy atom.